The van der Waals surface area contributed by atoms with Crippen molar-refractivity contribution in [1.82, 2.24) is 0 Å². The Bertz CT molecular complexity index is 327. The standard InChI is InChI=1S/C10H9NO2/c1-2-8-11(10(12)13)9-6-4-3-5-7-9/h1,3-7H,8H2,(H,12,13). The summed E-state index contributed by atoms with van der Waals surface area (Å²) in [5, 5.41) is 8.79. The molecule has 1 amide bonds. The van der Waals surface area contributed by atoms with Crippen LogP contribution in [0.25, 0.3) is 0 Å². The van der Waals surface area contributed by atoms with E-state index in [0.717, 1.165) is 4.90 Å². The van der Waals surface area contributed by atoms with Crippen LogP contribution in [0.15, 0.2) is 30.3 Å². The number of nitrogens with zero attached hydrogens (tertiary/aromatic N) is 1. The lowest BCUT2D eigenvalue weighted by atomic mass is 10.3. The van der Waals surface area contributed by atoms with Gasteiger partial charge in [-0.25, -0.2) is 4.79 Å². The van der Waals surface area contributed by atoms with Gasteiger partial charge >= 0.3 is 6.09 Å². The molecule has 66 valence electrons. The zero-order chi connectivity index (χ0) is 9.68. The summed E-state index contributed by atoms with van der Waals surface area (Å²) in [5.74, 6) is 2.29. The van der Waals surface area contributed by atoms with E-state index in [0.29, 0.717) is 5.69 Å². The van der Waals surface area contributed by atoms with E-state index in [4.69, 9.17) is 11.5 Å². The number of benzene rings is 1. The zero-order valence-electron chi connectivity index (χ0n) is 6.97. The van der Waals surface area contributed by atoms with Crippen molar-refractivity contribution in [2.75, 3.05) is 11.4 Å². The third kappa shape index (κ3) is 2.24. The average Bonchev–Trinajstić information content (AvgIpc) is 2.15. The molecule has 1 aromatic rings. The number of amides is 1. The van der Waals surface area contributed by atoms with Crippen molar-refractivity contribution in [2.45, 2.75) is 0 Å². The first-order valence-corrected chi connectivity index (χ1v) is 3.74. The second kappa shape index (κ2) is 4.17. The number of carboxylic acid groups (broad SMARTS) is 1. The molecule has 0 bridgehead atoms. The molecule has 1 aromatic carbocycles. The molecule has 1 rings (SSSR count). The second-order valence-electron chi connectivity index (χ2n) is 2.41. The minimum absolute atomic E-state index is 0.0688. The van der Waals surface area contributed by atoms with E-state index in [-0.39, 0.29) is 6.54 Å². The molecule has 0 fully saturated rings. The van der Waals surface area contributed by atoms with Gasteiger partial charge in [0.25, 0.3) is 0 Å². The fourth-order valence-electron chi connectivity index (χ4n) is 0.969. The van der Waals surface area contributed by atoms with E-state index in [1.54, 1.807) is 24.3 Å². The Balaban J connectivity index is 2.90. The predicted molar refractivity (Wildman–Crippen MR) is 50.6 cm³/mol. The molecule has 3 heteroatoms. The minimum Gasteiger partial charge on any atom is -0.465 e. The Morgan fingerprint density at radius 2 is 2.08 bits per heavy atom. The summed E-state index contributed by atoms with van der Waals surface area (Å²) < 4.78 is 0. The Hall–Kier alpha value is -1.95. The highest BCUT2D eigenvalue weighted by Crippen LogP contribution is 2.12. The Labute approximate surface area is 76.6 Å². The van der Waals surface area contributed by atoms with E-state index in [9.17, 15) is 4.79 Å². The third-order valence-electron chi connectivity index (χ3n) is 1.55. The highest BCUT2D eigenvalue weighted by molar-refractivity contribution is 5.86. The van der Waals surface area contributed by atoms with Crippen LogP contribution < -0.4 is 4.90 Å². The van der Waals surface area contributed by atoms with Gasteiger partial charge in [0.15, 0.2) is 0 Å². The molecular formula is C10H9NO2. The normalized spacial score (nSPS) is 8.85. The van der Waals surface area contributed by atoms with E-state index >= 15 is 0 Å². The predicted octanol–water partition coefficient (Wildman–Crippen LogP) is 1.80. The van der Waals surface area contributed by atoms with E-state index < -0.39 is 6.09 Å². The maximum atomic E-state index is 10.7. The van der Waals surface area contributed by atoms with Crippen LogP contribution in [0.4, 0.5) is 10.5 Å². The van der Waals surface area contributed by atoms with Gasteiger partial charge in [-0.2, -0.15) is 0 Å². The summed E-state index contributed by atoms with van der Waals surface area (Å²) in [4.78, 5) is 11.8. The van der Waals surface area contributed by atoms with E-state index in [1.807, 2.05) is 6.07 Å². The summed E-state index contributed by atoms with van der Waals surface area (Å²) >= 11 is 0. The van der Waals surface area contributed by atoms with Crippen LogP contribution in [0.2, 0.25) is 0 Å². The molecule has 0 spiro atoms. The number of hydrogen-bond acceptors (Lipinski definition) is 1. The van der Waals surface area contributed by atoms with Gasteiger partial charge in [0.1, 0.15) is 0 Å². The summed E-state index contributed by atoms with van der Waals surface area (Å²) in [5.41, 5.74) is 0.591. The lowest BCUT2D eigenvalue weighted by molar-refractivity contribution is 0.202. The van der Waals surface area contributed by atoms with Gasteiger partial charge in [0, 0.05) is 5.69 Å². The number of rotatable bonds is 2. The van der Waals surface area contributed by atoms with Gasteiger partial charge in [-0.1, -0.05) is 24.1 Å². The topological polar surface area (TPSA) is 40.5 Å². The fraction of sp³-hybridized carbons (Fsp3) is 0.100. The molecule has 0 aliphatic carbocycles. The van der Waals surface area contributed by atoms with Crippen molar-refractivity contribution in [1.29, 1.82) is 0 Å². The van der Waals surface area contributed by atoms with Crippen molar-refractivity contribution in [3.63, 3.8) is 0 Å². The van der Waals surface area contributed by atoms with Gasteiger partial charge in [-0.05, 0) is 12.1 Å². The van der Waals surface area contributed by atoms with Crippen LogP contribution in [0.3, 0.4) is 0 Å². The van der Waals surface area contributed by atoms with Crippen LogP contribution in [0.1, 0.15) is 0 Å². The van der Waals surface area contributed by atoms with Gasteiger partial charge in [-0.3, -0.25) is 4.90 Å². The number of para-hydroxylation sites is 1. The smallest absolute Gasteiger partial charge is 0.412 e. The van der Waals surface area contributed by atoms with Crippen molar-refractivity contribution in [3.05, 3.63) is 30.3 Å². The molecule has 0 saturated heterocycles. The van der Waals surface area contributed by atoms with Crippen LogP contribution in [-0.2, 0) is 0 Å². The Morgan fingerprint density at radius 3 is 2.54 bits per heavy atom. The number of terminal acetylenes is 1. The lowest BCUT2D eigenvalue weighted by Gasteiger charge is -2.15. The van der Waals surface area contributed by atoms with Crippen LogP contribution in [0.5, 0.6) is 0 Å². The maximum absolute atomic E-state index is 10.7. The largest absolute Gasteiger partial charge is 0.465 e. The maximum Gasteiger partial charge on any atom is 0.412 e. The molecule has 0 aliphatic rings. The molecule has 0 unspecified atom stereocenters. The first kappa shape index (κ1) is 9.14. The van der Waals surface area contributed by atoms with Crippen molar-refractivity contribution in [3.8, 4) is 12.3 Å². The zero-order valence-corrected chi connectivity index (χ0v) is 6.97. The highest BCUT2D eigenvalue weighted by atomic mass is 16.4. The number of hydrogen-bond donors (Lipinski definition) is 1. The van der Waals surface area contributed by atoms with Crippen LogP contribution in [0, 0.1) is 12.3 Å². The molecule has 3 nitrogen and oxygen atoms in total. The minimum atomic E-state index is -1.04. The van der Waals surface area contributed by atoms with Gasteiger partial charge in [-0.15, -0.1) is 6.42 Å². The van der Waals surface area contributed by atoms with Crippen molar-refractivity contribution >= 4 is 11.8 Å². The van der Waals surface area contributed by atoms with Crippen molar-refractivity contribution < 1.29 is 9.90 Å². The molecule has 0 heterocycles. The molecular weight excluding hydrogens is 166 g/mol. The van der Waals surface area contributed by atoms with Gasteiger partial charge in [0.2, 0.25) is 0 Å². The van der Waals surface area contributed by atoms with Crippen LogP contribution >= 0.6 is 0 Å². The average molecular weight is 175 g/mol. The van der Waals surface area contributed by atoms with Crippen molar-refractivity contribution in [2.24, 2.45) is 0 Å². The fourth-order valence-corrected chi connectivity index (χ4v) is 0.969. The highest BCUT2D eigenvalue weighted by Gasteiger charge is 2.11. The number of carbonyl (C=O) groups is 1. The molecule has 0 atom stereocenters. The molecule has 0 aromatic heterocycles. The SMILES string of the molecule is C#CCN(C(=O)O)c1ccccc1. The molecule has 0 radical (unpaired) electrons. The molecule has 0 saturated carbocycles. The molecule has 0 aliphatic heterocycles. The van der Waals surface area contributed by atoms with Crippen LogP contribution in [-0.4, -0.2) is 17.7 Å². The summed E-state index contributed by atoms with van der Waals surface area (Å²) in [6.45, 7) is 0.0688. The van der Waals surface area contributed by atoms with Gasteiger partial charge in [0.05, 0.1) is 6.54 Å². The number of anilines is 1. The first-order valence-electron chi connectivity index (χ1n) is 3.74. The quantitative estimate of drug-likeness (QED) is 0.696. The van der Waals surface area contributed by atoms with E-state index in [2.05, 4.69) is 5.92 Å². The summed E-state index contributed by atoms with van der Waals surface area (Å²) in [6.07, 6.45) is 4.01. The summed E-state index contributed by atoms with van der Waals surface area (Å²) in [6, 6.07) is 8.75. The molecule has 1 N–H and O–H groups in total. The van der Waals surface area contributed by atoms with E-state index in [1.165, 1.54) is 0 Å². The second-order valence-corrected chi connectivity index (χ2v) is 2.41. The Morgan fingerprint density at radius 1 is 1.46 bits per heavy atom. The molecule has 13 heavy (non-hydrogen) atoms. The monoisotopic (exact) mass is 175 g/mol. The van der Waals surface area contributed by atoms with Gasteiger partial charge < -0.3 is 5.11 Å². The Kier molecular flexibility index (Phi) is 2.93. The first-order chi connectivity index (χ1) is 6.25. The summed E-state index contributed by atoms with van der Waals surface area (Å²) in [7, 11) is 0. The third-order valence-corrected chi connectivity index (χ3v) is 1.55. The lowest BCUT2D eigenvalue weighted by Crippen LogP contribution is -2.29.